The second-order valence-electron chi connectivity index (χ2n) is 9.08. The van der Waals surface area contributed by atoms with Gasteiger partial charge in [-0.25, -0.2) is 0 Å². The normalized spacial score (nSPS) is 17.1. The highest BCUT2D eigenvalue weighted by atomic mass is 35.5. The SMILES string of the molecule is COc1ccc(COC(C)(C)CCOc2cc(Cl)c3c(c2)[C@@](O)(C(F)(F)F)c2ccccc2-3)cc1. The van der Waals surface area contributed by atoms with Gasteiger partial charge in [0.05, 0.1) is 30.9 Å². The molecule has 3 aromatic carbocycles. The van der Waals surface area contributed by atoms with Gasteiger partial charge in [0.2, 0.25) is 5.60 Å². The fraction of sp³-hybridized carbons (Fsp3) is 0.333. The van der Waals surface area contributed by atoms with Crippen molar-refractivity contribution in [2.75, 3.05) is 13.7 Å². The highest BCUT2D eigenvalue weighted by Crippen LogP contribution is 2.57. The Morgan fingerprint density at radius 2 is 1.63 bits per heavy atom. The molecule has 0 aliphatic heterocycles. The number of alkyl halides is 3. The van der Waals surface area contributed by atoms with E-state index in [-0.39, 0.29) is 39.6 Å². The van der Waals surface area contributed by atoms with E-state index in [1.165, 1.54) is 30.3 Å². The Balaban J connectivity index is 1.47. The third kappa shape index (κ3) is 4.85. The van der Waals surface area contributed by atoms with Crippen molar-refractivity contribution in [3.05, 3.63) is 82.4 Å². The summed E-state index contributed by atoms with van der Waals surface area (Å²) in [7, 11) is 1.60. The molecule has 4 nitrogen and oxygen atoms in total. The molecule has 1 atom stereocenters. The molecule has 3 aromatic rings. The van der Waals surface area contributed by atoms with Crippen molar-refractivity contribution in [3.63, 3.8) is 0 Å². The summed E-state index contributed by atoms with van der Waals surface area (Å²) in [6.07, 6.45) is -4.46. The van der Waals surface area contributed by atoms with Crippen LogP contribution >= 0.6 is 11.6 Å². The lowest BCUT2D eigenvalue weighted by molar-refractivity contribution is -0.246. The number of benzene rings is 3. The molecule has 0 aromatic heterocycles. The molecule has 0 saturated carbocycles. The first-order valence-corrected chi connectivity index (χ1v) is 11.5. The van der Waals surface area contributed by atoms with E-state index in [0.29, 0.717) is 13.0 Å². The first-order valence-electron chi connectivity index (χ1n) is 11.1. The van der Waals surface area contributed by atoms with E-state index in [1.807, 2.05) is 38.1 Å². The van der Waals surface area contributed by atoms with Gasteiger partial charge >= 0.3 is 6.18 Å². The predicted octanol–water partition coefficient (Wildman–Crippen LogP) is 6.89. The Bertz CT molecular complexity index is 1210. The van der Waals surface area contributed by atoms with Gasteiger partial charge in [-0.2, -0.15) is 13.2 Å². The van der Waals surface area contributed by atoms with E-state index >= 15 is 0 Å². The highest BCUT2D eigenvalue weighted by molar-refractivity contribution is 6.34. The summed E-state index contributed by atoms with van der Waals surface area (Å²) in [6.45, 7) is 4.39. The monoisotopic (exact) mass is 506 g/mol. The van der Waals surface area contributed by atoms with E-state index in [4.69, 9.17) is 25.8 Å². The van der Waals surface area contributed by atoms with E-state index in [2.05, 4.69) is 0 Å². The van der Waals surface area contributed by atoms with Gasteiger partial charge in [0.25, 0.3) is 0 Å². The van der Waals surface area contributed by atoms with Crippen LogP contribution in [0.1, 0.15) is 37.0 Å². The van der Waals surface area contributed by atoms with Gasteiger partial charge in [0.1, 0.15) is 11.5 Å². The number of rotatable bonds is 8. The van der Waals surface area contributed by atoms with Gasteiger partial charge in [0, 0.05) is 23.1 Å². The average Bonchev–Trinajstić information content (AvgIpc) is 3.08. The largest absolute Gasteiger partial charge is 0.497 e. The van der Waals surface area contributed by atoms with Gasteiger partial charge in [-0.1, -0.05) is 48.0 Å². The second kappa shape index (κ2) is 9.37. The Hall–Kier alpha value is -2.74. The minimum Gasteiger partial charge on any atom is -0.497 e. The molecule has 186 valence electrons. The lowest BCUT2D eigenvalue weighted by Gasteiger charge is -2.29. The Morgan fingerprint density at radius 3 is 2.29 bits per heavy atom. The number of methoxy groups -OCH3 is 1. The molecule has 0 spiro atoms. The number of fused-ring (bicyclic) bond motifs is 3. The summed E-state index contributed by atoms with van der Waals surface area (Å²) < 4.78 is 59.2. The molecule has 0 radical (unpaired) electrons. The predicted molar refractivity (Wildman–Crippen MR) is 128 cm³/mol. The molecular formula is C27H26ClF3O4. The molecule has 0 heterocycles. The smallest absolute Gasteiger partial charge is 0.425 e. The highest BCUT2D eigenvalue weighted by Gasteiger charge is 2.61. The summed E-state index contributed by atoms with van der Waals surface area (Å²) >= 11 is 6.40. The van der Waals surface area contributed by atoms with Gasteiger partial charge in [0.15, 0.2) is 0 Å². The summed E-state index contributed by atoms with van der Waals surface area (Å²) in [6, 6.07) is 16.1. The molecule has 0 saturated heterocycles. The fourth-order valence-electron chi connectivity index (χ4n) is 4.18. The van der Waals surface area contributed by atoms with Crippen molar-refractivity contribution < 1.29 is 32.5 Å². The number of halogens is 4. The third-order valence-electron chi connectivity index (χ3n) is 6.21. The van der Waals surface area contributed by atoms with E-state index in [9.17, 15) is 18.3 Å². The molecule has 1 aliphatic carbocycles. The first-order chi connectivity index (χ1) is 16.5. The van der Waals surface area contributed by atoms with Gasteiger partial charge in [-0.3, -0.25) is 0 Å². The summed E-state index contributed by atoms with van der Waals surface area (Å²) in [5.41, 5.74) is -2.88. The van der Waals surface area contributed by atoms with Crippen LogP contribution in [0, 0.1) is 0 Å². The van der Waals surface area contributed by atoms with Gasteiger partial charge in [-0.15, -0.1) is 0 Å². The zero-order chi connectivity index (χ0) is 25.4. The van der Waals surface area contributed by atoms with Crippen molar-refractivity contribution >= 4 is 11.6 Å². The summed E-state index contributed by atoms with van der Waals surface area (Å²) in [5, 5.41) is 11.0. The molecule has 0 unspecified atom stereocenters. The third-order valence-corrected chi connectivity index (χ3v) is 6.51. The maximum Gasteiger partial charge on any atom is 0.425 e. The van der Waals surface area contributed by atoms with Crippen molar-refractivity contribution in [3.8, 4) is 22.6 Å². The van der Waals surface area contributed by atoms with Crippen molar-refractivity contribution in [2.45, 2.75) is 44.3 Å². The zero-order valence-electron chi connectivity index (χ0n) is 19.6. The minimum atomic E-state index is -4.94. The number of hydrogen-bond donors (Lipinski definition) is 1. The Morgan fingerprint density at radius 1 is 0.943 bits per heavy atom. The summed E-state index contributed by atoms with van der Waals surface area (Å²) in [5.74, 6) is 0.908. The maximum atomic E-state index is 14.1. The van der Waals surface area contributed by atoms with Crippen LogP contribution in [-0.2, 0) is 16.9 Å². The van der Waals surface area contributed by atoms with Crippen LogP contribution in [0.5, 0.6) is 11.5 Å². The zero-order valence-corrected chi connectivity index (χ0v) is 20.3. The van der Waals surface area contributed by atoms with E-state index in [0.717, 1.165) is 11.3 Å². The standard InChI is InChI=1S/C27H26ClF3O4/c1-25(2,35-16-17-8-10-18(33-3)11-9-17)12-13-34-19-14-22-24(23(28)15-19)20-6-4-5-7-21(20)26(22,32)27(29,30)31/h4-11,14-15,32H,12-13,16H2,1-3H3/t26-/m1/s1. The molecule has 0 amide bonds. The van der Waals surface area contributed by atoms with Crippen LogP contribution < -0.4 is 9.47 Å². The van der Waals surface area contributed by atoms with Crippen LogP contribution in [0.3, 0.4) is 0 Å². The Kier molecular flexibility index (Phi) is 6.79. The Labute approximate surface area is 207 Å². The number of ether oxygens (including phenoxy) is 3. The molecule has 1 N–H and O–H groups in total. The van der Waals surface area contributed by atoms with Crippen LogP contribution in [0.4, 0.5) is 13.2 Å². The second-order valence-corrected chi connectivity index (χ2v) is 9.48. The van der Waals surface area contributed by atoms with Crippen LogP contribution in [0.2, 0.25) is 5.02 Å². The molecule has 0 bridgehead atoms. The topological polar surface area (TPSA) is 47.9 Å². The van der Waals surface area contributed by atoms with Gasteiger partial charge in [-0.05, 0) is 49.2 Å². The van der Waals surface area contributed by atoms with Gasteiger partial charge < -0.3 is 19.3 Å². The maximum absolute atomic E-state index is 14.1. The molecular weight excluding hydrogens is 481 g/mol. The lowest BCUT2D eigenvalue weighted by Crippen LogP contribution is -2.41. The van der Waals surface area contributed by atoms with Crippen LogP contribution in [0.15, 0.2) is 60.7 Å². The first kappa shape index (κ1) is 25.4. The molecule has 35 heavy (non-hydrogen) atoms. The minimum absolute atomic E-state index is 0.0835. The van der Waals surface area contributed by atoms with Crippen molar-refractivity contribution in [2.24, 2.45) is 0 Å². The molecule has 1 aliphatic rings. The molecule has 8 heteroatoms. The van der Waals surface area contributed by atoms with Crippen molar-refractivity contribution in [1.82, 2.24) is 0 Å². The average molecular weight is 507 g/mol. The summed E-state index contributed by atoms with van der Waals surface area (Å²) in [4.78, 5) is 0. The number of hydrogen-bond acceptors (Lipinski definition) is 4. The van der Waals surface area contributed by atoms with Crippen LogP contribution in [-0.4, -0.2) is 30.6 Å². The fourth-order valence-corrected chi connectivity index (χ4v) is 4.49. The quantitative estimate of drug-likeness (QED) is 0.361. The molecule has 0 fully saturated rings. The lowest BCUT2D eigenvalue weighted by atomic mass is 9.90. The van der Waals surface area contributed by atoms with E-state index in [1.54, 1.807) is 13.2 Å². The number of aliphatic hydroxyl groups is 1. The van der Waals surface area contributed by atoms with Crippen molar-refractivity contribution in [1.29, 1.82) is 0 Å². The van der Waals surface area contributed by atoms with Crippen LogP contribution in [0.25, 0.3) is 11.1 Å². The van der Waals surface area contributed by atoms with E-state index < -0.39 is 17.4 Å². The molecule has 4 rings (SSSR count).